The van der Waals surface area contributed by atoms with Gasteiger partial charge in [0.05, 0.1) is 17.3 Å². The lowest BCUT2D eigenvalue weighted by Gasteiger charge is -2.08. The van der Waals surface area contributed by atoms with Crippen LogP contribution in [0.4, 0.5) is 11.9 Å². The van der Waals surface area contributed by atoms with Crippen LogP contribution in [-0.4, -0.2) is 39.6 Å². The van der Waals surface area contributed by atoms with Crippen molar-refractivity contribution in [2.45, 2.75) is 27.2 Å². The Hall–Kier alpha value is -1.96. The van der Waals surface area contributed by atoms with Crippen molar-refractivity contribution < 1.29 is 4.74 Å². The van der Waals surface area contributed by atoms with E-state index in [4.69, 9.17) is 4.74 Å². The van der Waals surface area contributed by atoms with Crippen molar-refractivity contribution in [3.8, 4) is 6.01 Å². The third kappa shape index (κ3) is 4.82. The Bertz CT molecular complexity index is 549. The number of thiazole rings is 1. The number of hydrogen-bond donors (Lipinski definition) is 2. The Kier molecular flexibility index (Phi) is 5.68. The number of nitrogens with zero attached hydrogens (tertiary/aromatic N) is 4. The van der Waals surface area contributed by atoms with Gasteiger partial charge in [-0.3, -0.25) is 0 Å². The second kappa shape index (κ2) is 7.72. The summed E-state index contributed by atoms with van der Waals surface area (Å²) in [7, 11) is 0. The first kappa shape index (κ1) is 15.4. The second-order valence-corrected chi connectivity index (χ2v) is 5.33. The van der Waals surface area contributed by atoms with Gasteiger partial charge in [-0.05, 0) is 20.8 Å². The molecule has 8 heteroatoms. The lowest BCUT2D eigenvalue weighted by molar-refractivity contribution is 0.312. The highest BCUT2D eigenvalue weighted by atomic mass is 32.1. The summed E-state index contributed by atoms with van der Waals surface area (Å²) in [6.07, 6.45) is 0.830. The molecule has 0 aliphatic carbocycles. The first-order valence-electron chi connectivity index (χ1n) is 6.99. The maximum absolute atomic E-state index is 5.35. The van der Waals surface area contributed by atoms with Gasteiger partial charge in [0.2, 0.25) is 11.9 Å². The van der Waals surface area contributed by atoms with Crippen molar-refractivity contribution in [3.05, 3.63) is 16.1 Å². The zero-order valence-corrected chi connectivity index (χ0v) is 13.3. The third-order valence-corrected chi connectivity index (χ3v) is 3.38. The highest BCUT2D eigenvalue weighted by molar-refractivity contribution is 7.09. The standard InChI is InChI=1S/C13H20N6OS/c1-4-14-11-17-12(19-13(18-11)20-5-2)15-7-6-10-8-21-9(3)16-10/h8H,4-7H2,1-3H3,(H2,14,15,17,18,19). The highest BCUT2D eigenvalue weighted by Gasteiger charge is 2.07. The molecule has 0 radical (unpaired) electrons. The summed E-state index contributed by atoms with van der Waals surface area (Å²) in [5.74, 6) is 1.03. The SMILES string of the molecule is CCNc1nc(NCCc2csc(C)n2)nc(OCC)n1. The third-order valence-electron chi connectivity index (χ3n) is 2.55. The van der Waals surface area contributed by atoms with Gasteiger partial charge in [-0.2, -0.15) is 15.0 Å². The van der Waals surface area contributed by atoms with Crippen molar-refractivity contribution in [1.29, 1.82) is 0 Å². The van der Waals surface area contributed by atoms with E-state index >= 15 is 0 Å². The average Bonchev–Trinajstić information content (AvgIpc) is 2.85. The number of nitrogens with one attached hydrogen (secondary N) is 2. The van der Waals surface area contributed by atoms with Crippen molar-refractivity contribution in [3.63, 3.8) is 0 Å². The van der Waals surface area contributed by atoms with E-state index in [9.17, 15) is 0 Å². The van der Waals surface area contributed by atoms with Gasteiger partial charge < -0.3 is 15.4 Å². The zero-order valence-electron chi connectivity index (χ0n) is 12.5. The summed E-state index contributed by atoms with van der Waals surface area (Å²) in [6, 6.07) is 0.329. The molecule has 21 heavy (non-hydrogen) atoms. The Morgan fingerprint density at radius 2 is 1.86 bits per heavy atom. The normalized spacial score (nSPS) is 10.4. The largest absolute Gasteiger partial charge is 0.464 e. The van der Waals surface area contributed by atoms with Gasteiger partial charge in [-0.25, -0.2) is 4.98 Å². The van der Waals surface area contributed by atoms with Crippen LogP contribution in [0.3, 0.4) is 0 Å². The van der Waals surface area contributed by atoms with Crippen molar-refractivity contribution >= 4 is 23.2 Å². The van der Waals surface area contributed by atoms with E-state index in [0.717, 1.165) is 23.7 Å². The molecule has 2 aromatic rings. The molecule has 0 saturated heterocycles. The number of ether oxygens (including phenoxy) is 1. The van der Waals surface area contributed by atoms with Crippen LogP contribution in [0, 0.1) is 6.92 Å². The van der Waals surface area contributed by atoms with Gasteiger partial charge in [-0.1, -0.05) is 0 Å². The molecule has 0 amide bonds. The predicted octanol–water partition coefficient (Wildman–Crippen LogP) is 2.12. The molecule has 2 heterocycles. The summed E-state index contributed by atoms with van der Waals surface area (Å²) in [5, 5.41) is 9.40. The van der Waals surface area contributed by atoms with Gasteiger partial charge in [0, 0.05) is 24.9 Å². The molecule has 114 valence electrons. The second-order valence-electron chi connectivity index (χ2n) is 4.26. The molecule has 2 rings (SSSR count). The first-order chi connectivity index (χ1) is 10.2. The van der Waals surface area contributed by atoms with Crippen LogP contribution in [0.5, 0.6) is 6.01 Å². The monoisotopic (exact) mass is 308 g/mol. The molecule has 0 bridgehead atoms. The Labute approximate surface area is 128 Å². The minimum absolute atomic E-state index is 0.329. The molecule has 0 aromatic carbocycles. The van der Waals surface area contributed by atoms with E-state index in [1.54, 1.807) is 11.3 Å². The quantitative estimate of drug-likeness (QED) is 0.772. The first-order valence-corrected chi connectivity index (χ1v) is 7.86. The summed E-state index contributed by atoms with van der Waals surface area (Å²) in [4.78, 5) is 17.1. The summed E-state index contributed by atoms with van der Waals surface area (Å²) < 4.78 is 5.35. The van der Waals surface area contributed by atoms with E-state index in [-0.39, 0.29) is 0 Å². The molecule has 0 atom stereocenters. The number of aryl methyl sites for hydroxylation is 1. The van der Waals surface area contributed by atoms with Crippen LogP contribution in [0.15, 0.2) is 5.38 Å². The van der Waals surface area contributed by atoms with Crippen molar-refractivity contribution in [2.24, 2.45) is 0 Å². The van der Waals surface area contributed by atoms with Crippen LogP contribution >= 0.6 is 11.3 Å². The van der Waals surface area contributed by atoms with E-state index in [1.165, 1.54) is 0 Å². The fourth-order valence-electron chi connectivity index (χ4n) is 1.69. The Balaban J connectivity index is 1.97. The zero-order chi connectivity index (χ0) is 15.1. The van der Waals surface area contributed by atoms with Crippen LogP contribution in [0.25, 0.3) is 0 Å². The molecule has 2 aromatic heterocycles. The van der Waals surface area contributed by atoms with Crippen LogP contribution in [0.1, 0.15) is 24.5 Å². The molecule has 0 saturated carbocycles. The molecule has 0 aliphatic heterocycles. The summed E-state index contributed by atoms with van der Waals surface area (Å²) in [6.45, 7) is 7.87. The van der Waals surface area contributed by atoms with E-state index < -0.39 is 0 Å². The predicted molar refractivity (Wildman–Crippen MR) is 84.2 cm³/mol. The molecule has 0 unspecified atom stereocenters. The summed E-state index contributed by atoms with van der Waals surface area (Å²) >= 11 is 1.66. The molecule has 2 N–H and O–H groups in total. The molecule has 0 fully saturated rings. The maximum atomic E-state index is 5.35. The molecule has 0 aliphatic rings. The van der Waals surface area contributed by atoms with Crippen LogP contribution in [0.2, 0.25) is 0 Å². The van der Waals surface area contributed by atoms with Gasteiger partial charge >= 0.3 is 6.01 Å². The van der Waals surface area contributed by atoms with Gasteiger partial charge in [0.25, 0.3) is 0 Å². The van der Waals surface area contributed by atoms with Gasteiger partial charge in [0.1, 0.15) is 0 Å². The van der Waals surface area contributed by atoms with Crippen molar-refractivity contribution in [1.82, 2.24) is 19.9 Å². The maximum Gasteiger partial charge on any atom is 0.323 e. The molecular formula is C13H20N6OS. The van der Waals surface area contributed by atoms with Crippen LogP contribution in [-0.2, 0) is 6.42 Å². The van der Waals surface area contributed by atoms with Crippen LogP contribution < -0.4 is 15.4 Å². The molecule has 0 spiro atoms. The van der Waals surface area contributed by atoms with Gasteiger partial charge in [-0.15, -0.1) is 11.3 Å². The number of anilines is 2. The number of rotatable bonds is 8. The molecular weight excluding hydrogens is 288 g/mol. The Morgan fingerprint density at radius 3 is 2.48 bits per heavy atom. The van der Waals surface area contributed by atoms with E-state index in [1.807, 2.05) is 20.8 Å². The number of hydrogen-bond acceptors (Lipinski definition) is 8. The van der Waals surface area contributed by atoms with Gasteiger partial charge in [0.15, 0.2) is 0 Å². The van der Waals surface area contributed by atoms with E-state index in [2.05, 4.69) is 35.9 Å². The topological polar surface area (TPSA) is 84.9 Å². The lowest BCUT2D eigenvalue weighted by Crippen LogP contribution is -2.12. The average molecular weight is 308 g/mol. The minimum atomic E-state index is 0.329. The Morgan fingerprint density at radius 1 is 1.10 bits per heavy atom. The fourth-order valence-corrected chi connectivity index (χ4v) is 2.34. The number of aromatic nitrogens is 4. The van der Waals surface area contributed by atoms with Crippen molar-refractivity contribution in [2.75, 3.05) is 30.3 Å². The van der Waals surface area contributed by atoms with E-state index in [0.29, 0.717) is 31.1 Å². The highest BCUT2D eigenvalue weighted by Crippen LogP contribution is 2.12. The fraction of sp³-hybridized carbons (Fsp3) is 0.538. The lowest BCUT2D eigenvalue weighted by atomic mass is 10.3. The smallest absolute Gasteiger partial charge is 0.323 e. The minimum Gasteiger partial charge on any atom is -0.464 e. The summed E-state index contributed by atoms with van der Waals surface area (Å²) in [5.41, 5.74) is 1.08. The molecule has 7 nitrogen and oxygen atoms in total.